The van der Waals surface area contributed by atoms with Crippen molar-refractivity contribution in [3.8, 4) is 0 Å². The minimum absolute atomic E-state index is 0.168. The highest BCUT2D eigenvalue weighted by Crippen LogP contribution is 2.41. The number of methoxy groups -OCH3 is 1. The summed E-state index contributed by atoms with van der Waals surface area (Å²) in [6.07, 6.45) is 6.88. The number of hydrogen-bond acceptors (Lipinski definition) is 3. The molecule has 1 heterocycles. The van der Waals surface area contributed by atoms with Gasteiger partial charge < -0.3 is 14.5 Å². The van der Waals surface area contributed by atoms with E-state index in [2.05, 4.69) is 29.2 Å². The van der Waals surface area contributed by atoms with Crippen LogP contribution in [-0.2, 0) is 9.53 Å². The van der Waals surface area contributed by atoms with Gasteiger partial charge in [0.05, 0.1) is 17.5 Å². The summed E-state index contributed by atoms with van der Waals surface area (Å²) in [6.45, 7) is 1.80. The number of carbonyl (C=O) groups excluding carboxylic acids is 1. The molecule has 1 amide bonds. The number of benzene rings is 1. The fourth-order valence-corrected chi connectivity index (χ4v) is 4.14. The largest absolute Gasteiger partial charge is 0.381 e. The Kier molecular flexibility index (Phi) is 4.02. The molecule has 0 unspecified atom stereocenters. The number of anilines is 2. The molecule has 0 N–H and O–H groups in total. The Morgan fingerprint density at radius 1 is 1.00 bits per heavy atom. The SMILES string of the molecule is COC1CCC(C(=O)N2CCN(C3CC3)c3ccccc32)CC1. The van der Waals surface area contributed by atoms with Crippen molar-refractivity contribution in [3.63, 3.8) is 0 Å². The van der Waals surface area contributed by atoms with Crippen LogP contribution in [0.5, 0.6) is 0 Å². The van der Waals surface area contributed by atoms with Crippen LogP contribution in [-0.4, -0.2) is 38.3 Å². The zero-order valence-corrected chi connectivity index (χ0v) is 13.9. The Balaban J connectivity index is 1.52. The normalized spacial score (nSPS) is 27.7. The van der Waals surface area contributed by atoms with Gasteiger partial charge in [-0.1, -0.05) is 12.1 Å². The summed E-state index contributed by atoms with van der Waals surface area (Å²) in [5.41, 5.74) is 2.37. The van der Waals surface area contributed by atoms with Crippen LogP contribution < -0.4 is 9.80 Å². The van der Waals surface area contributed by atoms with Crippen molar-refractivity contribution in [2.75, 3.05) is 30.0 Å². The van der Waals surface area contributed by atoms with Gasteiger partial charge in [0, 0.05) is 32.2 Å². The minimum Gasteiger partial charge on any atom is -0.381 e. The van der Waals surface area contributed by atoms with Crippen molar-refractivity contribution in [2.24, 2.45) is 5.92 Å². The predicted octanol–water partition coefficient (Wildman–Crippen LogP) is 3.21. The Bertz CT molecular complexity index is 576. The molecule has 124 valence electrons. The molecule has 1 aromatic carbocycles. The molecule has 0 saturated heterocycles. The van der Waals surface area contributed by atoms with E-state index in [9.17, 15) is 4.79 Å². The van der Waals surface area contributed by atoms with Gasteiger partial charge in [-0.2, -0.15) is 0 Å². The van der Waals surface area contributed by atoms with Gasteiger partial charge in [0.15, 0.2) is 0 Å². The first-order valence-corrected chi connectivity index (χ1v) is 8.98. The first-order valence-electron chi connectivity index (χ1n) is 8.98. The average Bonchev–Trinajstić information content (AvgIpc) is 3.45. The number of hydrogen-bond donors (Lipinski definition) is 0. The van der Waals surface area contributed by atoms with Crippen molar-refractivity contribution >= 4 is 17.3 Å². The van der Waals surface area contributed by atoms with E-state index in [0.29, 0.717) is 18.1 Å². The number of amides is 1. The number of carbonyl (C=O) groups is 1. The molecule has 4 rings (SSSR count). The second-order valence-corrected chi connectivity index (χ2v) is 7.11. The van der Waals surface area contributed by atoms with Crippen molar-refractivity contribution in [3.05, 3.63) is 24.3 Å². The molecule has 4 heteroatoms. The van der Waals surface area contributed by atoms with Crippen LogP contribution >= 0.6 is 0 Å². The van der Waals surface area contributed by atoms with Gasteiger partial charge >= 0.3 is 0 Å². The highest BCUT2D eigenvalue weighted by Gasteiger charge is 2.37. The van der Waals surface area contributed by atoms with Gasteiger partial charge in [-0.25, -0.2) is 0 Å². The van der Waals surface area contributed by atoms with Crippen LogP contribution in [0.4, 0.5) is 11.4 Å². The molecule has 2 fully saturated rings. The van der Waals surface area contributed by atoms with Gasteiger partial charge in [0.2, 0.25) is 5.91 Å². The Labute approximate surface area is 138 Å². The summed E-state index contributed by atoms with van der Waals surface area (Å²) in [5, 5.41) is 0. The van der Waals surface area contributed by atoms with Crippen molar-refractivity contribution < 1.29 is 9.53 Å². The molecular formula is C19H26N2O2. The number of rotatable bonds is 3. The lowest BCUT2D eigenvalue weighted by atomic mass is 9.86. The fraction of sp³-hybridized carbons (Fsp3) is 0.632. The maximum Gasteiger partial charge on any atom is 0.230 e. The summed E-state index contributed by atoms with van der Waals surface area (Å²) < 4.78 is 5.44. The third kappa shape index (κ3) is 2.85. The molecule has 0 radical (unpaired) electrons. The van der Waals surface area contributed by atoms with E-state index in [1.165, 1.54) is 18.5 Å². The maximum atomic E-state index is 13.1. The van der Waals surface area contributed by atoms with Gasteiger partial charge in [0.1, 0.15) is 0 Å². The Hall–Kier alpha value is -1.55. The monoisotopic (exact) mass is 314 g/mol. The number of para-hydroxylation sites is 2. The van der Waals surface area contributed by atoms with Crippen LogP contribution in [0.25, 0.3) is 0 Å². The molecule has 1 aromatic rings. The van der Waals surface area contributed by atoms with Crippen LogP contribution in [0.1, 0.15) is 38.5 Å². The van der Waals surface area contributed by atoms with Crippen LogP contribution in [0, 0.1) is 5.92 Å². The quantitative estimate of drug-likeness (QED) is 0.859. The molecule has 1 aliphatic heterocycles. The lowest BCUT2D eigenvalue weighted by Gasteiger charge is -2.40. The zero-order valence-electron chi connectivity index (χ0n) is 13.9. The molecule has 4 nitrogen and oxygen atoms in total. The molecule has 0 bridgehead atoms. The van der Waals surface area contributed by atoms with E-state index < -0.39 is 0 Å². The van der Waals surface area contributed by atoms with Crippen LogP contribution in [0.3, 0.4) is 0 Å². The topological polar surface area (TPSA) is 32.8 Å². The third-order valence-electron chi connectivity index (χ3n) is 5.66. The molecule has 3 aliphatic rings. The van der Waals surface area contributed by atoms with E-state index in [4.69, 9.17) is 4.74 Å². The molecule has 2 aliphatic carbocycles. The van der Waals surface area contributed by atoms with E-state index >= 15 is 0 Å². The third-order valence-corrected chi connectivity index (χ3v) is 5.66. The second kappa shape index (κ2) is 6.16. The van der Waals surface area contributed by atoms with Crippen molar-refractivity contribution in [2.45, 2.75) is 50.7 Å². The first-order chi connectivity index (χ1) is 11.3. The standard InChI is InChI=1S/C19H26N2O2/c1-23-16-10-6-14(7-11-16)19(22)21-13-12-20(15-8-9-15)17-4-2-3-5-18(17)21/h2-5,14-16H,6-13H2,1H3. The Morgan fingerprint density at radius 3 is 2.35 bits per heavy atom. The van der Waals surface area contributed by atoms with E-state index in [1.54, 1.807) is 7.11 Å². The Morgan fingerprint density at radius 2 is 1.70 bits per heavy atom. The average molecular weight is 314 g/mol. The highest BCUT2D eigenvalue weighted by molar-refractivity contribution is 5.99. The van der Waals surface area contributed by atoms with Gasteiger partial charge in [-0.05, 0) is 50.7 Å². The number of ether oxygens (including phenoxy) is 1. The fourth-order valence-electron chi connectivity index (χ4n) is 4.14. The van der Waals surface area contributed by atoms with Crippen LogP contribution in [0.15, 0.2) is 24.3 Å². The summed E-state index contributed by atoms with van der Waals surface area (Å²) in [7, 11) is 1.78. The lowest BCUT2D eigenvalue weighted by Crippen LogP contribution is -2.47. The molecule has 23 heavy (non-hydrogen) atoms. The van der Waals surface area contributed by atoms with E-state index in [1.807, 2.05) is 4.90 Å². The summed E-state index contributed by atoms with van der Waals surface area (Å²) >= 11 is 0. The second-order valence-electron chi connectivity index (χ2n) is 7.11. The summed E-state index contributed by atoms with van der Waals surface area (Å²) in [4.78, 5) is 17.6. The molecule has 0 atom stereocenters. The van der Waals surface area contributed by atoms with E-state index in [-0.39, 0.29) is 5.92 Å². The molecule has 0 aromatic heterocycles. The van der Waals surface area contributed by atoms with E-state index in [0.717, 1.165) is 44.5 Å². The summed E-state index contributed by atoms with van der Waals surface area (Å²) in [5.74, 6) is 0.490. The molecular weight excluding hydrogens is 288 g/mol. The molecule has 2 saturated carbocycles. The zero-order chi connectivity index (χ0) is 15.8. The number of fused-ring (bicyclic) bond motifs is 1. The first kappa shape index (κ1) is 15.0. The predicted molar refractivity (Wildman–Crippen MR) is 91.9 cm³/mol. The molecule has 0 spiro atoms. The lowest BCUT2D eigenvalue weighted by molar-refractivity contribution is -0.124. The van der Waals surface area contributed by atoms with Crippen molar-refractivity contribution in [1.29, 1.82) is 0 Å². The van der Waals surface area contributed by atoms with Gasteiger partial charge in [-0.3, -0.25) is 4.79 Å². The smallest absolute Gasteiger partial charge is 0.230 e. The van der Waals surface area contributed by atoms with Gasteiger partial charge in [-0.15, -0.1) is 0 Å². The highest BCUT2D eigenvalue weighted by atomic mass is 16.5. The number of nitrogens with zero attached hydrogens (tertiary/aromatic N) is 2. The summed E-state index contributed by atoms with van der Waals surface area (Å²) in [6, 6.07) is 9.13. The van der Waals surface area contributed by atoms with Gasteiger partial charge in [0.25, 0.3) is 0 Å². The van der Waals surface area contributed by atoms with Crippen LogP contribution in [0.2, 0.25) is 0 Å². The minimum atomic E-state index is 0.168. The maximum absolute atomic E-state index is 13.1. The van der Waals surface area contributed by atoms with Crippen molar-refractivity contribution in [1.82, 2.24) is 0 Å².